The Labute approximate surface area is 149 Å². The third-order valence-corrected chi connectivity index (χ3v) is 6.02. The summed E-state index contributed by atoms with van der Waals surface area (Å²) < 4.78 is 5.37. The highest BCUT2D eigenvalue weighted by Crippen LogP contribution is 2.36. The van der Waals surface area contributed by atoms with E-state index < -0.39 is 0 Å². The number of carbonyl (C=O) groups excluding carboxylic acids is 1. The van der Waals surface area contributed by atoms with Crippen LogP contribution in [0.25, 0.3) is 0 Å². The van der Waals surface area contributed by atoms with E-state index >= 15 is 0 Å². The van der Waals surface area contributed by atoms with E-state index in [0.717, 1.165) is 44.1 Å². The molecule has 2 aliphatic heterocycles. The standard InChI is InChI=1S/C19H28N4O2/c1-22-16(18(24)21-9-13-5-6-13)8-15-11-23(12-17(15)22)10-14-4-3-7-20-19(14)25-2/h3-4,7,13,15-17H,5-6,8-12H2,1-2H3,(H,21,24)/t15-,16+,17+/m0/s1. The van der Waals surface area contributed by atoms with Crippen LogP contribution in [0, 0.1) is 11.8 Å². The first-order chi connectivity index (χ1) is 12.2. The Bertz CT molecular complexity index is 634. The molecule has 3 atom stereocenters. The maximum absolute atomic E-state index is 12.5. The lowest BCUT2D eigenvalue weighted by atomic mass is 10.0. The third kappa shape index (κ3) is 3.51. The van der Waals surface area contributed by atoms with Gasteiger partial charge in [0.05, 0.1) is 13.2 Å². The predicted molar refractivity (Wildman–Crippen MR) is 95.2 cm³/mol. The number of hydrogen-bond donors (Lipinski definition) is 1. The molecule has 6 nitrogen and oxygen atoms in total. The Kier molecular flexibility index (Phi) is 4.65. The van der Waals surface area contributed by atoms with Crippen molar-refractivity contribution in [3.05, 3.63) is 23.9 Å². The number of fused-ring (bicyclic) bond motifs is 1. The van der Waals surface area contributed by atoms with Crippen molar-refractivity contribution in [1.29, 1.82) is 0 Å². The highest BCUT2D eigenvalue weighted by molar-refractivity contribution is 5.82. The molecule has 0 radical (unpaired) electrons. The van der Waals surface area contributed by atoms with E-state index in [4.69, 9.17) is 4.74 Å². The first-order valence-corrected chi connectivity index (χ1v) is 9.35. The van der Waals surface area contributed by atoms with E-state index in [1.807, 2.05) is 6.07 Å². The van der Waals surface area contributed by atoms with Crippen LogP contribution in [0.1, 0.15) is 24.8 Å². The van der Waals surface area contributed by atoms with Crippen LogP contribution < -0.4 is 10.1 Å². The lowest BCUT2D eigenvalue weighted by molar-refractivity contribution is -0.125. The molecule has 0 unspecified atom stereocenters. The Morgan fingerprint density at radius 1 is 1.40 bits per heavy atom. The fraction of sp³-hybridized carbons (Fsp3) is 0.684. The van der Waals surface area contributed by atoms with Gasteiger partial charge in [0.1, 0.15) is 0 Å². The number of pyridine rings is 1. The van der Waals surface area contributed by atoms with Crippen molar-refractivity contribution in [3.8, 4) is 5.88 Å². The molecular weight excluding hydrogens is 316 g/mol. The quantitative estimate of drug-likeness (QED) is 0.838. The zero-order valence-corrected chi connectivity index (χ0v) is 15.1. The monoisotopic (exact) mass is 344 g/mol. The molecule has 136 valence electrons. The Balaban J connectivity index is 1.33. The van der Waals surface area contributed by atoms with Crippen LogP contribution in [-0.4, -0.2) is 66.6 Å². The molecule has 0 spiro atoms. The molecule has 0 aromatic carbocycles. The summed E-state index contributed by atoms with van der Waals surface area (Å²) in [5.74, 6) is 2.25. The van der Waals surface area contributed by atoms with Crippen molar-refractivity contribution in [2.24, 2.45) is 11.8 Å². The topological polar surface area (TPSA) is 57.7 Å². The zero-order chi connectivity index (χ0) is 17.4. The van der Waals surface area contributed by atoms with Gasteiger partial charge in [-0.15, -0.1) is 0 Å². The summed E-state index contributed by atoms with van der Waals surface area (Å²) in [5.41, 5.74) is 1.13. The van der Waals surface area contributed by atoms with Crippen molar-refractivity contribution in [2.45, 2.75) is 37.9 Å². The number of carbonyl (C=O) groups is 1. The van der Waals surface area contributed by atoms with Crippen LogP contribution in [0.2, 0.25) is 0 Å². The second-order valence-electron chi connectivity index (χ2n) is 7.80. The van der Waals surface area contributed by atoms with Crippen LogP contribution in [0.4, 0.5) is 0 Å². The number of hydrogen-bond acceptors (Lipinski definition) is 5. The molecule has 0 bridgehead atoms. The molecule has 4 rings (SSSR count). The number of likely N-dealkylation sites (N-methyl/N-ethyl adjacent to an activating group) is 1. The minimum absolute atomic E-state index is 0.0452. The maximum Gasteiger partial charge on any atom is 0.237 e. The number of aromatic nitrogens is 1. The summed E-state index contributed by atoms with van der Waals surface area (Å²) in [6.45, 7) is 3.77. The number of rotatable bonds is 6. The molecule has 1 aliphatic carbocycles. The number of ether oxygens (including phenoxy) is 1. The van der Waals surface area contributed by atoms with Crippen molar-refractivity contribution >= 4 is 5.91 Å². The van der Waals surface area contributed by atoms with E-state index in [1.165, 1.54) is 12.8 Å². The predicted octanol–water partition coefficient (Wildman–Crippen LogP) is 1.12. The van der Waals surface area contributed by atoms with Gasteiger partial charge < -0.3 is 10.1 Å². The van der Waals surface area contributed by atoms with E-state index in [-0.39, 0.29) is 11.9 Å². The Morgan fingerprint density at radius 3 is 2.96 bits per heavy atom. The van der Waals surface area contributed by atoms with Crippen molar-refractivity contribution in [1.82, 2.24) is 20.1 Å². The third-order valence-electron chi connectivity index (χ3n) is 6.02. The van der Waals surface area contributed by atoms with Crippen LogP contribution in [0.15, 0.2) is 18.3 Å². The maximum atomic E-state index is 12.5. The van der Waals surface area contributed by atoms with Crippen LogP contribution >= 0.6 is 0 Å². The van der Waals surface area contributed by atoms with Crippen LogP contribution in [0.3, 0.4) is 0 Å². The normalized spacial score (nSPS) is 29.6. The Hall–Kier alpha value is -1.66. The lowest BCUT2D eigenvalue weighted by Crippen LogP contribution is -2.46. The Morgan fingerprint density at radius 2 is 2.24 bits per heavy atom. The SMILES string of the molecule is COc1ncccc1CN1C[C@@H]2C[C@H](C(=O)NCC3CC3)N(C)[C@@H]2C1. The second-order valence-corrected chi connectivity index (χ2v) is 7.80. The van der Waals surface area contributed by atoms with Gasteiger partial charge in [0.15, 0.2) is 0 Å². The zero-order valence-electron chi connectivity index (χ0n) is 15.1. The largest absolute Gasteiger partial charge is 0.481 e. The van der Waals surface area contributed by atoms with Crippen molar-refractivity contribution in [2.75, 3.05) is 33.8 Å². The summed E-state index contributed by atoms with van der Waals surface area (Å²) in [5, 5.41) is 3.15. The molecule has 3 aliphatic rings. The highest BCUT2D eigenvalue weighted by Gasteiger charge is 2.47. The van der Waals surface area contributed by atoms with Gasteiger partial charge in [-0.25, -0.2) is 4.98 Å². The smallest absolute Gasteiger partial charge is 0.237 e. The number of methoxy groups -OCH3 is 1. The number of amides is 1. The average Bonchev–Trinajstić information content (AvgIpc) is 3.29. The van der Waals surface area contributed by atoms with E-state index in [9.17, 15) is 4.79 Å². The molecule has 1 amide bonds. The average molecular weight is 344 g/mol. The highest BCUT2D eigenvalue weighted by atomic mass is 16.5. The molecule has 1 saturated carbocycles. The van der Waals surface area contributed by atoms with Gasteiger partial charge in [-0.1, -0.05) is 6.07 Å². The van der Waals surface area contributed by atoms with E-state index in [1.54, 1.807) is 13.3 Å². The summed E-state index contributed by atoms with van der Waals surface area (Å²) in [4.78, 5) is 21.5. The summed E-state index contributed by atoms with van der Waals surface area (Å²) >= 11 is 0. The molecule has 2 saturated heterocycles. The summed E-state index contributed by atoms with van der Waals surface area (Å²) in [7, 11) is 3.78. The first-order valence-electron chi connectivity index (χ1n) is 9.35. The first kappa shape index (κ1) is 16.8. The van der Waals surface area contributed by atoms with Crippen molar-refractivity contribution in [3.63, 3.8) is 0 Å². The molecule has 6 heteroatoms. The van der Waals surface area contributed by atoms with Crippen LogP contribution in [-0.2, 0) is 11.3 Å². The molecule has 1 N–H and O–H groups in total. The molecule has 1 aromatic heterocycles. The number of likely N-dealkylation sites (tertiary alicyclic amines) is 2. The molecule has 3 fully saturated rings. The second kappa shape index (κ2) is 6.92. The lowest BCUT2D eigenvalue weighted by Gasteiger charge is -2.26. The van der Waals surface area contributed by atoms with Gasteiger partial charge in [-0.2, -0.15) is 0 Å². The fourth-order valence-corrected chi connectivity index (χ4v) is 4.39. The number of nitrogens with zero attached hydrogens (tertiary/aromatic N) is 3. The van der Waals surface area contributed by atoms with Gasteiger partial charge in [-0.05, 0) is 44.2 Å². The van der Waals surface area contributed by atoms with Crippen LogP contribution in [0.5, 0.6) is 5.88 Å². The van der Waals surface area contributed by atoms with Gasteiger partial charge in [-0.3, -0.25) is 14.6 Å². The van der Waals surface area contributed by atoms with Gasteiger partial charge in [0, 0.05) is 44.0 Å². The molecule has 3 heterocycles. The summed E-state index contributed by atoms with van der Waals surface area (Å²) in [6.07, 6.45) is 5.29. The molecule has 25 heavy (non-hydrogen) atoms. The van der Waals surface area contributed by atoms with Gasteiger partial charge in [0.2, 0.25) is 11.8 Å². The minimum atomic E-state index is 0.0452. The fourth-order valence-electron chi connectivity index (χ4n) is 4.39. The van der Waals surface area contributed by atoms with E-state index in [2.05, 4.69) is 33.2 Å². The van der Waals surface area contributed by atoms with Gasteiger partial charge >= 0.3 is 0 Å². The van der Waals surface area contributed by atoms with E-state index in [0.29, 0.717) is 17.8 Å². The van der Waals surface area contributed by atoms with Crippen molar-refractivity contribution < 1.29 is 9.53 Å². The summed E-state index contributed by atoms with van der Waals surface area (Å²) in [6, 6.07) is 4.56. The molecular formula is C19H28N4O2. The minimum Gasteiger partial charge on any atom is -0.481 e. The number of nitrogens with one attached hydrogen (secondary N) is 1. The van der Waals surface area contributed by atoms with Gasteiger partial charge in [0.25, 0.3) is 0 Å². The molecule has 1 aromatic rings.